The van der Waals surface area contributed by atoms with Crippen LogP contribution in [0.5, 0.6) is 0 Å². The largest absolute Gasteiger partial charge is 0.460 e. The van der Waals surface area contributed by atoms with Gasteiger partial charge in [-0.3, -0.25) is 4.79 Å². The molecule has 0 saturated carbocycles. The number of carbonyl (C=O) groups is 1. The SMILES string of the molecule is CC(/C=C/CC(=O)OC(C)(C)C)c1ccccc1. The van der Waals surface area contributed by atoms with Gasteiger partial charge >= 0.3 is 5.97 Å². The van der Waals surface area contributed by atoms with Crippen molar-refractivity contribution >= 4 is 5.97 Å². The Hall–Kier alpha value is -1.57. The summed E-state index contributed by atoms with van der Waals surface area (Å²) in [5.41, 5.74) is 0.841. The molecule has 98 valence electrons. The van der Waals surface area contributed by atoms with Crippen LogP contribution in [-0.4, -0.2) is 11.6 Å². The van der Waals surface area contributed by atoms with Crippen molar-refractivity contribution in [3.8, 4) is 0 Å². The van der Waals surface area contributed by atoms with E-state index in [4.69, 9.17) is 4.74 Å². The molecule has 0 amide bonds. The Bertz CT molecular complexity index is 399. The van der Waals surface area contributed by atoms with E-state index in [1.165, 1.54) is 5.56 Å². The molecular weight excluding hydrogens is 224 g/mol. The molecule has 0 aliphatic rings. The molecule has 1 aromatic rings. The first-order chi connectivity index (χ1) is 8.38. The van der Waals surface area contributed by atoms with E-state index in [9.17, 15) is 4.79 Å². The molecule has 1 atom stereocenters. The second-order valence-electron chi connectivity index (χ2n) is 5.42. The van der Waals surface area contributed by atoms with Gasteiger partial charge in [0.15, 0.2) is 0 Å². The van der Waals surface area contributed by atoms with E-state index in [1.54, 1.807) is 0 Å². The van der Waals surface area contributed by atoms with Gasteiger partial charge in [0.05, 0.1) is 6.42 Å². The molecule has 0 fully saturated rings. The average molecular weight is 246 g/mol. The Balaban J connectivity index is 2.44. The van der Waals surface area contributed by atoms with Gasteiger partial charge in [-0.1, -0.05) is 49.4 Å². The minimum absolute atomic E-state index is 0.181. The topological polar surface area (TPSA) is 26.3 Å². The normalized spacial score (nSPS) is 13.6. The first-order valence-electron chi connectivity index (χ1n) is 6.32. The van der Waals surface area contributed by atoms with Crippen molar-refractivity contribution in [2.75, 3.05) is 0 Å². The fourth-order valence-corrected chi connectivity index (χ4v) is 1.62. The van der Waals surface area contributed by atoms with Gasteiger partial charge in [-0.2, -0.15) is 0 Å². The van der Waals surface area contributed by atoms with Crippen molar-refractivity contribution in [1.29, 1.82) is 0 Å². The average Bonchev–Trinajstić information content (AvgIpc) is 2.27. The maximum atomic E-state index is 11.5. The predicted octanol–water partition coefficient (Wildman–Crippen LogP) is 4.08. The number of hydrogen-bond acceptors (Lipinski definition) is 2. The molecule has 0 aliphatic heterocycles. The highest BCUT2D eigenvalue weighted by molar-refractivity contribution is 5.71. The summed E-state index contributed by atoms with van der Waals surface area (Å²) in [7, 11) is 0. The van der Waals surface area contributed by atoms with Crippen LogP contribution in [0.1, 0.15) is 45.6 Å². The summed E-state index contributed by atoms with van der Waals surface area (Å²) >= 11 is 0. The van der Waals surface area contributed by atoms with Crippen molar-refractivity contribution < 1.29 is 9.53 Å². The molecule has 0 aromatic heterocycles. The molecule has 1 unspecified atom stereocenters. The fraction of sp³-hybridized carbons (Fsp3) is 0.438. The van der Waals surface area contributed by atoms with E-state index in [0.29, 0.717) is 12.3 Å². The van der Waals surface area contributed by atoms with E-state index >= 15 is 0 Å². The van der Waals surface area contributed by atoms with Crippen LogP contribution in [0.2, 0.25) is 0 Å². The molecular formula is C16H22O2. The maximum Gasteiger partial charge on any atom is 0.310 e. The summed E-state index contributed by atoms with van der Waals surface area (Å²) in [6.45, 7) is 7.74. The fourth-order valence-electron chi connectivity index (χ4n) is 1.62. The van der Waals surface area contributed by atoms with Crippen molar-refractivity contribution in [1.82, 2.24) is 0 Å². The van der Waals surface area contributed by atoms with Gasteiger partial charge < -0.3 is 4.74 Å². The lowest BCUT2D eigenvalue weighted by Gasteiger charge is -2.18. The zero-order chi connectivity index (χ0) is 13.6. The number of rotatable bonds is 4. The van der Waals surface area contributed by atoms with Crippen molar-refractivity contribution in [3.05, 3.63) is 48.0 Å². The molecule has 18 heavy (non-hydrogen) atoms. The molecule has 0 bridgehead atoms. The molecule has 1 aromatic carbocycles. The molecule has 0 spiro atoms. The van der Waals surface area contributed by atoms with Gasteiger partial charge in [-0.15, -0.1) is 0 Å². The molecule has 2 heteroatoms. The van der Waals surface area contributed by atoms with Gasteiger partial charge in [0.2, 0.25) is 0 Å². The van der Waals surface area contributed by atoms with Crippen LogP contribution >= 0.6 is 0 Å². The monoisotopic (exact) mass is 246 g/mol. The molecule has 0 aliphatic carbocycles. The quantitative estimate of drug-likeness (QED) is 0.591. The Labute approximate surface area is 110 Å². The second kappa shape index (κ2) is 6.39. The highest BCUT2D eigenvalue weighted by Gasteiger charge is 2.14. The molecule has 0 N–H and O–H groups in total. The smallest absolute Gasteiger partial charge is 0.310 e. The third kappa shape index (κ3) is 5.67. The van der Waals surface area contributed by atoms with Crippen molar-refractivity contribution in [2.24, 2.45) is 0 Å². The zero-order valence-corrected chi connectivity index (χ0v) is 11.6. The van der Waals surface area contributed by atoms with Gasteiger partial charge in [0.25, 0.3) is 0 Å². The third-order valence-corrected chi connectivity index (χ3v) is 2.45. The molecule has 0 saturated heterocycles. The lowest BCUT2D eigenvalue weighted by molar-refractivity contribution is -0.153. The first-order valence-corrected chi connectivity index (χ1v) is 6.32. The van der Waals surface area contributed by atoms with Gasteiger partial charge in [-0.25, -0.2) is 0 Å². The standard InChI is InChI=1S/C16H22O2/c1-13(14-10-6-5-7-11-14)9-8-12-15(17)18-16(2,3)4/h5-11,13H,12H2,1-4H3/b9-8+. The molecule has 0 heterocycles. The van der Waals surface area contributed by atoms with E-state index in [1.807, 2.05) is 51.1 Å². The minimum Gasteiger partial charge on any atom is -0.460 e. The first kappa shape index (κ1) is 14.5. The molecule has 0 radical (unpaired) electrons. The Morgan fingerprint density at radius 3 is 2.44 bits per heavy atom. The molecule has 2 nitrogen and oxygen atoms in total. The summed E-state index contributed by atoms with van der Waals surface area (Å²) < 4.78 is 5.24. The highest BCUT2D eigenvalue weighted by atomic mass is 16.6. The minimum atomic E-state index is -0.407. The summed E-state index contributed by atoms with van der Waals surface area (Å²) in [4.78, 5) is 11.5. The van der Waals surface area contributed by atoms with E-state index in [-0.39, 0.29) is 5.97 Å². The number of hydrogen-bond donors (Lipinski definition) is 0. The third-order valence-electron chi connectivity index (χ3n) is 2.45. The zero-order valence-electron chi connectivity index (χ0n) is 11.6. The van der Waals surface area contributed by atoms with E-state index < -0.39 is 5.60 Å². The van der Waals surface area contributed by atoms with Crippen LogP contribution in [0, 0.1) is 0 Å². The van der Waals surface area contributed by atoms with Crippen LogP contribution in [0.25, 0.3) is 0 Å². The summed E-state index contributed by atoms with van der Waals surface area (Å²) in [5.74, 6) is 0.132. The summed E-state index contributed by atoms with van der Waals surface area (Å²) in [6.07, 6.45) is 4.25. The Kier molecular flexibility index (Phi) is 5.14. The molecule has 1 rings (SSSR count). The Morgan fingerprint density at radius 1 is 1.28 bits per heavy atom. The lowest BCUT2D eigenvalue weighted by atomic mass is 10.0. The van der Waals surface area contributed by atoms with Crippen molar-refractivity contribution in [2.45, 2.75) is 45.6 Å². The second-order valence-corrected chi connectivity index (χ2v) is 5.42. The number of allylic oxidation sites excluding steroid dienone is 1. The van der Waals surface area contributed by atoms with Crippen molar-refractivity contribution in [3.63, 3.8) is 0 Å². The van der Waals surface area contributed by atoms with E-state index in [2.05, 4.69) is 19.1 Å². The maximum absolute atomic E-state index is 11.5. The van der Waals surface area contributed by atoms with Crippen LogP contribution in [0.3, 0.4) is 0 Å². The predicted molar refractivity (Wildman–Crippen MR) is 74.5 cm³/mol. The van der Waals surface area contributed by atoms with Crippen LogP contribution in [-0.2, 0) is 9.53 Å². The van der Waals surface area contributed by atoms with E-state index in [0.717, 1.165) is 0 Å². The lowest BCUT2D eigenvalue weighted by Crippen LogP contribution is -2.23. The van der Waals surface area contributed by atoms with Crippen LogP contribution in [0.15, 0.2) is 42.5 Å². The number of benzene rings is 1. The highest BCUT2D eigenvalue weighted by Crippen LogP contribution is 2.16. The van der Waals surface area contributed by atoms with Crippen LogP contribution < -0.4 is 0 Å². The summed E-state index contributed by atoms with van der Waals surface area (Å²) in [5, 5.41) is 0. The summed E-state index contributed by atoms with van der Waals surface area (Å²) in [6, 6.07) is 10.2. The Morgan fingerprint density at radius 2 is 1.89 bits per heavy atom. The van der Waals surface area contributed by atoms with Gasteiger partial charge in [0, 0.05) is 0 Å². The van der Waals surface area contributed by atoms with Gasteiger partial charge in [-0.05, 0) is 32.3 Å². The van der Waals surface area contributed by atoms with Gasteiger partial charge in [0.1, 0.15) is 5.60 Å². The number of ether oxygens (including phenoxy) is 1. The number of carbonyl (C=O) groups excluding carboxylic acids is 1. The van der Waals surface area contributed by atoms with Crippen LogP contribution in [0.4, 0.5) is 0 Å². The number of esters is 1.